The zero-order valence-corrected chi connectivity index (χ0v) is 32.1. The summed E-state index contributed by atoms with van der Waals surface area (Å²) in [6, 6.07) is 0. The van der Waals surface area contributed by atoms with Crippen LogP contribution in [0.3, 0.4) is 0 Å². The fourth-order valence-corrected chi connectivity index (χ4v) is 40.5. The van der Waals surface area contributed by atoms with Gasteiger partial charge in [0.25, 0.3) is 0 Å². The molecule has 0 spiro atoms. The number of hydrogen-bond acceptors (Lipinski definition) is 0. The molecule has 0 fully saturated rings. The van der Waals surface area contributed by atoms with Crippen molar-refractivity contribution in [3.05, 3.63) is 0 Å². The quantitative estimate of drug-likeness (QED) is 0.288. The van der Waals surface area contributed by atoms with Gasteiger partial charge in [-0.3, -0.25) is 0 Å². The molecule has 0 nitrogen and oxygen atoms in total. The minimum atomic E-state index is -0.676. The summed E-state index contributed by atoms with van der Waals surface area (Å²) in [5, 5.41) is 0. The molecule has 0 aromatic carbocycles. The van der Waals surface area contributed by atoms with E-state index in [1.165, 1.54) is 0 Å². The number of rotatable bonds is 3. The van der Waals surface area contributed by atoms with E-state index >= 15 is 0 Å². The SMILES string of the molecule is C[Si](C)[Si](C)([Si](C)C)[Si](C)C.[CH3][Sn]([CH3])[CH3].[CH3][Sn]([CH3])[CH3].[CH3][Sn]([CH3])[CH3]. The first-order chi connectivity index (χ1) is 10.0. The molecule has 0 saturated carbocycles. The Hall–Kier alpha value is 3.26. The van der Waals surface area contributed by atoms with E-state index in [9.17, 15) is 0 Å². The van der Waals surface area contributed by atoms with Crippen LogP contribution >= 0.6 is 0 Å². The van der Waals surface area contributed by atoms with E-state index in [1.807, 2.05) is 0 Å². The van der Waals surface area contributed by atoms with Crippen molar-refractivity contribution in [2.75, 3.05) is 0 Å². The Morgan fingerprint density at radius 3 is 0.522 bits per heavy atom. The average Bonchev–Trinajstić information content (AvgIpc) is 2.24. The Bertz CT molecular complexity index is 189. The fourth-order valence-electron chi connectivity index (χ4n) is 1.50. The van der Waals surface area contributed by atoms with Crippen molar-refractivity contribution in [1.29, 1.82) is 0 Å². The van der Waals surface area contributed by atoms with E-state index in [0.717, 1.165) is 0 Å². The van der Waals surface area contributed by atoms with Crippen molar-refractivity contribution in [2.45, 2.75) is 90.3 Å². The average molecular weight is 709 g/mol. The van der Waals surface area contributed by atoms with Gasteiger partial charge in [-0.25, -0.2) is 0 Å². The van der Waals surface area contributed by atoms with Crippen LogP contribution in [0.4, 0.5) is 0 Å². The van der Waals surface area contributed by atoms with Crippen LogP contribution in [0.2, 0.25) is 90.3 Å². The molecule has 0 aliphatic carbocycles. The van der Waals surface area contributed by atoms with E-state index in [0.29, 0.717) is 0 Å². The van der Waals surface area contributed by atoms with Gasteiger partial charge in [0.15, 0.2) is 0 Å². The van der Waals surface area contributed by atoms with E-state index in [2.05, 4.69) is 90.3 Å². The van der Waals surface area contributed by atoms with E-state index in [-0.39, 0.29) is 24.9 Å². The van der Waals surface area contributed by atoms with Crippen molar-refractivity contribution in [1.82, 2.24) is 0 Å². The van der Waals surface area contributed by atoms with Gasteiger partial charge >= 0.3 is 104 Å². The molecule has 0 bridgehead atoms. The van der Waals surface area contributed by atoms with Crippen LogP contribution < -0.4 is 0 Å². The van der Waals surface area contributed by atoms with E-state index < -0.39 is 65.9 Å². The van der Waals surface area contributed by atoms with Gasteiger partial charge in [0.2, 0.25) is 0 Å². The van der Waals surface area contributed by atoms with Crippen molar-refractivity contribution in [3.8, 4) is 0 Å². The molecule has 0 aromatic rings. The van der Waals surface area contributed by atoms with Crippen molar-refractivity contribution >= 4 is 90.8 Å². The topological polar surface area (TPSA) is 0 Å². The normalized spacial score (nSPS) is 11.2. The molecule has 0 rings (SSSR count). The van der Waals surface area contributed by atoms with E-state index in [1.54, 1.807) is 0 Å². The van der Waals surface area contributed by atoms with Gasteiger partial charge in [-0.1, -0.05) is 45.8 Å². The Morgan fingerprint density at radius 1 is 0.435 bits per heavy atom. The first kappa shape index (κ1) is 33.8. The second kappa shape index (κ2) is 20.0. The summed E-state index contributed by atoms with van der Waals surface area (Å²) >= 11 is -1.63. The van der Waals surface area contributed by atoms with Crippen LogP contribution in [-0.2, 0) is 0 Å². The summed E-state index contributed by atoms with van der Waals surface area (Å²) < 4.78 is 0. The molecular weight excluding hydrogens is 661 g/mol. The van der Waals surface area contributed by atoms with Gasteiger partial charge in [0, 0.05) is 31.6 Å². The maximum absolute atomic E-state index is 2.68. The summed E-state index contributed by atoms with van der Waals surface area (Å²) in [6.45, 7) is 17.3. The first-order valence-corrected chi connectivity index (χ1v) is 47.4. The minimum absolute atomic E-state index is 0.0589. The molecule has 23 heavy (non-hydrogen) atoms. The fraction of sp³-hybridized carbons (Fsp3) is 1.00. The van der Waals surface area contributed by atoms with Gasteiger partial charge in [0.1, 0.15) is 0 Å². The Kier molecular flexibility index (Phi) is 29.4. The maximum atomic E-state index is 2.68. The standard InChI is InChI=1S/C7H21Si4.9CH3.3Sn/c1-8(2)11(7,9(3)4)10(5)6;;;;;;;;;;;;/h1-7H3;9*1H3;;;. The third-order valence-electron chi connectivity index (χ3n) is 3.00. The molecule has 0 unspecified atom stereocenters. The van der Waals surface area contributed by atoms with Gasteiger partial charge < -0.3 is 0 Å². The van der Waals surface area contributed by atoms with Crippen molar-refractivity contribution in [2.24, 2.45) is 0 Å². The summed E-state index contributed by atoms with van der Waals surface area (Å²) in [4.78, 5) is 21.3. The summed E-state index contributed by atoms with van der Waals surface area (Å²) in [5.41, 5.74) is 0. The van der Waals surface area contributed by atoms with Crippen molar-refractivity contribution < 1.29 is 0 Å². The van der Waals surface area contributed by atoms with Crippen LogP contribution in [0, 0.1) is 0 Å². The van der Waals surface area contributed by atoms with Crippen LogP contribution in [0.15, 0.2) is 0 Å². The van der Waals surface area contributed by atoms with E-state index in [4.69, 9.17) is 0 Å². The van der Waals surface area contributed by atoms with Gasteiger partial charge in [0.05, 0.1) is 0 Å². The molecule has 0 aliphatic heterocycles. The Balaban J connectivity index is -0.000000124. The second-order valence-corrected chi connectivity index (χ2v) is 65.1. The zero-order chi connectivity index (χ0) is 20.0. The third kappa shape index (κ3) is 30.2. The molecule has 0 N–H and O–H groups in total. The summed E-state index contributed by atoms with van der Waals surface area (Å²) in [6.07, 6.45) is 0. The summed E-state index contributed by atoms with van der Waals surface area (Å²) in [5.74, 6) is 0. The molecule has 7 heteroatoms. The molecule has 0 amide bonds. The molecular formula is C16H48Si4Sn3. The van der Waals surface area contributed by atoms with Gasteiger partial charge in [-0.15, -0.1) is 0 Å². The Morgan fingerprint density at radius 2 is 0.522 bits per heavy atom. The van der Waals surface area contributed by atoms with Gasteiger partial charge in [-0.05, 0) is 0 Å². The molecule has 0 heterocycles. The third-order valence-corrected chi connectivity index (χ3v) is 54.0. The molecule has 0 aliphatic rings. The summed E-state index contributed by atoms with van der Waals surface area (Å²) in [7, 11) is 0.177. The molecule has 0 atom stereocenters. The zero-order valence-electron chi connectivity index (χ0n) is 19.5. The Labute approximate surface area is 178 Å². The van der Waals surface area contributed by atoms with Crippen LogP contribution in [0.1, 0.15) is 0 Å². The van der Waals surface area contributed by atoms with Gasteiger partial charge in [-0.2, -0.15) is 0 Å². The number of hydrogen-bond donors (Lipinski definition) is 0. The first-order valence-electron chi connectivity index (χ1n) is 8.75. The predicted octanol–water partition coefficient (Wildman–Crippen LogP) is 6.68. The van der Waals surface area contributed by atoms with Crippen LogP contribution in [-0.4, -0.2) is 90.8 Å². The molecule has 0 saturated heterocycles. The molecule has 140 valence electrons. The second-order valence-electron chi connectivity index (χ2n) is 8.62. The predicted molar refractivity (Wildman–Crippen MR) is 134 cm³/mol. The van der Waals surface area contributed by atoms with Crippen LogP contribution in [0.25, 0.3) is 0 Å². The molecule has 0 aromatic heterocycles. The monoisotopic (exact) mass is 712 g/mol. The van der Waals surface area contributed by atoms with Crippen molar-refractivity contribution in [3.63, 3.8) is 0 Å². The van der Waals surface area contributed by atoms with Crippen LogP contribution in [0.5, 0.6) is 0 Å². The molecule has 6 radical (unpaired) electrons.